The summed E-state index contributed by atoms with van der Waals surface area (Å²) in [5.41, 5.74) is 5.89. The summed E-state index contributed by atoms with van der Waals surface area (Å²) in [4.78, 5) is 0. The van der Waals surface area contributed by atoms with Crippen molar-refractivity contribution in [1.29, 1.82) is 0 Å². The molecule has 1 rings (SSSR count). The molecular formula is C9H14F3N3S. The van der Waals surface area contributed by atoms with E-state index < -0.39 is 11.4 Å². The second kappa shape index (κ2) is 5.09. The van der Waals surface area contributed by atoms with Crippen molar-refractivity contribution in [3.63, 3.8) is 0 Å². The van der Waals surface area contributed by atoms with Gasteiger partial charge in [0.2, 0.25) is 0 Å². The van der Waals surface area contributed by atoms with Crippen molar-refractivity contribution in [2.75, 3.05) is 6.54 Å². The number of aryl methyl sites for hydroxylation is 2. The molecule has 16 heavy (non-hydrogen) atoms. The summed E-state index contributed by atoms with van der Waals surface area (Å²) in [6.07, 6.45) is -4.32. The van der Waals surface area contributed by atoms with E-state index in [-0.39, 0.29) is 13.0 Å². The van der Waals surface area contributed by atoms with Gasteiger partial charge in [0.1, 0.15) is 5.25 Å². The standard InChI is InChI=1S/C9H14F3N3S/c1-6-5-8(15(2)14-6)16-7(3-4-13)9(10,11)12/h5,7H,3-4,13H2,1-2H3. The quantitative estimate of drug-likeness (QED) is 0.836. The predicted molar refractivity (Wildman–Crippen MR) is 57.3 cm³/mol. The second-order valence-corrected chi connectivity index (χ2v) is 4.70. The van der Waals surface area contributed by atoms with Gasteiger partial charge in [0.15, 0.2) is 0 Å². The van der Waals surface area contributed by atoms with Crippen LogP contribution in [0.15, 0.2) is 11.1 Å². The van der Waals surface area contributed by atoms with E-state index in [9.17, 15) is 13.2 Å². The van der Waals surface area contributed by atoms with Crippen LogP contribution in [0.3, 0.4) is 0 Å². The SMILES string of the molecule is Cc1cc(SC(CCN)C(F)(F)F)n(C)n1. The molecule has 2 N–H and O–H groups in total. The Morgan fingerprint density at radius 3 is 2.56 bits per heavy atom. The highest BCUT2D eigenvalue weighted by Crippen LogP contribution is 2.36. The summed E-state index contributed by atoms with van der Waals surface area (Å²) in [5, 5.41) is 3.05. The van der Waals surface area contributed by atoms with Gasteiger partial charge in [-0.05, 0) is 26.0 Å². The Kier molecular flexibility index (Phi) is 4.26. The molecule has 0 spiro atoms. The van der Waals surface area contributed by atoms with Crippen LogP contribution < -0.4 is 5.73 Å². The van der Waals surface area contributed by atoms with E-state index in [1.54, 1.807) is 20.0 Å². The van der Waals surface area contributed by atoms with Gasteiger partial charge in [-0.1, -0.05) is 11.8 Å². The normalized spacial score (nSPS) is 14.1. The largest absolute Gasteiger partial charge is 0.401 e. The zero-order valence-electron chi connectivity index (χ0n) is 9.08. The van der Waals surface area contributed by atoms with Crippen molar-refractivity contribution in [3.05, 3.63) is 11.8 Å². The van der Waals surface area contributed by atoms with Gasteiger partial charge < -0.3 is 5.73 Å². The van der Waals surface area contributed by atoms with Crippen molar-refractivity contribution in [2.24, 2.45) is 12.8 Å². The lowest BCUT2D eigenvalue weighted by Gasteiger charge is -2.18. The topological polar surface area (TPSA) is 43.8 Å². The number of hydrogen-bond donors (Lipinski definition) is 1. The molecule has 0 fully saturated rings. The molecule has 1 aromatic rings. The van der Waals surface area contributed by atoms with Gasteiger partial charge in [-0.25, -0.2) is 0 Å². The number of rotatable bonds is 4. The average Bonchev–Trinajstić information content (AvgIpc) is 2.43. The third-order valence-electron chi connectivity index (χ3n) is 2.02. The van der Waals surface area contributed by atoms with Crippen LogP contribution >= 0.6 is 11.8 Å². The van der Waals surface area contributed by atoms with Gasteiger partial charge in [0.05, 0.1) is 10.7 Å². The summed E-state index contributed by atoms with van der Waals surface area (Å²) in [7, 11) is 1.63. The van der Waals surface area contributed by atoms with E-state index in [4.69, 9.17) is 5.73 Å². The van der Waals surface area contributed by atoms with Crippen LogP contribution in [0.1, 0.15) is 12.1 Å². The molecule has 0 aliphatic carbocycles. The third-order valence-corrected chi connectivity index (χ3v) is 3.43. The summed E-state index contributed by atoms with van der Waals surface area (Å²) < 4.78 is 39.3. The van der Waals surface area contributed by atoms with Crippen LogP contribution in [-0.4, -0.2) is 27.8 Å². The molecule has 92 valence electrons. The Labute approximate surface area is 96.2 Å². The fourth-order valence-corrected chi connectivity index (χ4v) is 2.39. The summed E-state index contributed by atoms with van der Waals surface area (Å²) >= 11 is 0.763. The molecule has 0 aliphatic heterocycles. The lowest BCUT2D eigenvalue weighted by molar-refractivity contribution is -0.129. The van der Waals surface area contributed by atoms with Crippen LogP contribution in [0.4, 0.5) is 13.2 Å². The van der Waals surface area contributed by atoms with E-state index in [1.807, 2.05) is 0 Å². The number of alkyl halides is 3. The molecule has 0 saturated carbocycles. The summed E-state index contributed by atoms with van der Waals surface area (Å²) in [6, 6.07) is 1.64. The second-order valence-electron chi connectivity index (χ2n) is 3.47. The molecule has 1 unspecified atom stereocenters. The number of nitrogens with zero attached hydrogens (tertiary/aromatic N) is 2. The van der Waals surface area contributed by atoms with Gasteiger partial charge in [0, 0.05) is 7.05 Å². The van der Waals surface area contributed by atoms with Gasteiger partial charge in [-0.3, -0.25) is 4.68 Å². The van der Waals surface area contributed by atoms with E-state index in [0.29, 0.717) is 10.7 Å². The minimum atomic E-state index is -4.23. The van der Waals surface area contributed by atoms with Crippen LogP contribution in [0, 0.1) is 6.92 Å². The van der Waals surface area contributed by atoms with E-state index in [2.05, 4.69) is 5.10 Å². The number of thioether (sulfide) groups is 1. The van der Waals surface area contributed by atoms with Crippen LogP contribution in [-0.2, 0) is 7.05 Å². The maximum absolute atomic E-state index is 12.6. The number of hydrogen-bond acceptors (Lipinski definition) is 3. The molecule has 1 atom stereocenters. The average molecular weight is 253 g/mol. The van der Waals surface area contributed by atoms with Gasteiger partial charge in [-0.2, -0.15) is 18.3 Å². The Balaban J connectivity index is 2.79. The minimum absolute atomic E-state index is 0.0218. The molecule has 0 amide bonds. The van der Waals surface area contributed by atoms with Gasteiger partial charge in [-0.15, -0.1) is 0 Å². The smallest absolute Gasteiger partial charge is 0.330 e. The van der Waals surface area contributed by atoms with Crippen molar-refractivity contribution in [2.45, 2.75) is 29.8 Å². The molecule has 1 aromatic heterocycles. The molecular weight excluding hydrogens is 239 g/mol. The van der Waals surface area contributed by atoms with Crippen LogP contribution in [0.5, 0.6) is 0 Å². The Morgan fingerprint density at radius 2 is 2.19 bits per heavy atom. The van der Waals surface area contributed by atoms with Crippen molar-refractivity contribution < 1.29 is 13.2 Å². The molecule has 7 heteroatoms. The maximum Gasteiger partial charge on any atom is 0.401 e. The fraction of sp³-hybridized carbons (Fsp3) is 0.667. The predicted octanol–water partition coefficient (Wildman–Crippen LogP) is 2.10. The molecule has 0 radical (unpaired) electrons. The van der Waals surface area contributed by atoms with Crippen molar-refractivity contribution in [3.8, 4) is 0 Å². The fourth-order valence-electron chi connectivity index (χ4n) is 1.28. The molecule has 3 nitrogen and oxygen atoms in total. The maximum atomic E-state index is 12.6. The zero-order valence-corrected chi connectivity index (χ0v) is 9.90. The summed E-state index contributed by atoms with van der Waals surface area (Å²) in [6.45, 7) is 1.77. The molecule has 1 heterocycles. The zero-order chi connectivity index (χ0) is 12.3. The first kappa shape index (κ1) is 13.4. The molecule has 0 aliphatic rings. The lowest BCUT2D eigenvalue weighted by Crippen LogP contribution is -2.28. The first-order valence-electron chi connectivity index (χ1n) is 4.78. The minimum Gasteiger partial charge on any atom is -0.330 e. The van der Waals surface area contributed by atoms with Crippen LogP contribution in [0.25, 0.3) is 0 Å². The van der Waals surface area contributed by atoms with E-state index in [1.165, 1.54) is 4.68 Å². The highest BCUT2D eigenvalue weighted by Gasteiger charge is 2.40. The Bertz CT molecular complexity index is 348. The Hall–Kier alpha value is -0.690. The number of nitrogens with two attached hydrogens (primary N) is 1. The summed E-state index contributed by atoms with van der Waals surface area (Å²) in [5.74, 6) is 0. The number of halogens is 3. The van der Waals surface area contributed by atoms with E-state index >= 15 is 0 Å². The van der Waals surface area contributed by atoms with Gasteiger partial charge in [0.25, 0.3) is 0 Å². The Morgan fingerprint density at radius 1 is 1.56 bits per heavy atom. The third kappa shape index (κ3) is 3.41. The lowest BCUT2D eigenvalue weighted by atomic mass is 10.3. The molecule has 0 aromatic carbocycles. The molecule has 0 bridgehead atoms. The monoisotopic (exact) mass is 253 g/mol. The first-order chi connectivity index (χ1) is 7.34. The van der Waals surface area contributed by atoms with Gasteiger partial charge >= 0.3 is 6.18 Å². The van der Waals surface area contributed by atoms with Crippen molar-refractivity contribution in [1.82, 2.24) is 9.78 Å². The highest BCUT2D eigenvalue weighted by molar-refractivity contribution is 8.00. The number of aromatic nitrogens is 2. The first-order valence-corrected chi connectivity index (χ1v) is 5.66. The van der Waals surface area contributed by atoms with E-state index in [0.717, 1.165) is 11.8 Å². The molecule has 0 saturated heterocycles. The van der Waals surface area contributed by atoms with Crippen molar-refractivity contribution >= 4 is 11.8 Å². The van der Waals surface area contributed by atoms with Crippen LogP contribution in [0.2, 0.25) is 0 Å². The highest BCUT2D eigenvalue weighted by atomic mass is 32.2.